The number of anilines is 1. The topological polar surface area (TPSA) is 70.2 Å². The molecule has 0 unspecified atom stereocenters. The van der Waals surface area contributed by atoms with Crippen LogP contribution in [0.15, 0.2) is 48.5 Å². The second-order valence-corrected chi connectivity index (χ2v) is 5.43. The largest absolute Gasteiger partial charge is 0.370 e. The number of benzene rings is 2. The number of aryl methyl sites for hydroxylation is 2. The van der Waals surface area contributed by atoms with Gasteiger partial charge in [-0.15, -0.1) is 0 Å². The molecular formula is C18H21N3O2. The zero-order chi connectivity index (χ0) is 16.8. The van der Waals surface area contributed by atoms with E-state index in [0.29, 0.717) is 0 Å². The summed E-state index contributed by atoms with van der Waals surface area (Å²) < 4.78 is 0. The molecule has 23 heavy (non-hydrogen) atoms. The molecule has 120 valence electrons. The SMILES string of the molecule is CNC(=O)NC(=O)[C@H](Nc1cc(C)cc(C)c1)c1ccccc1. The van der Waals surface area contributed by atoms with Crippen LogP contribution in [0, 0.1) is 13.8 Å². The Labute approximate surface area is 136 Å². The van der Waals surface area contributed by atoms with Crippen molar-refractivity contribution < 1.29 is 9.59 Å². The number of amides is 3. The van der Waals surface area contributed by atoms with E-state index in [0.717, 1.165) is 22.4 Å². The highest BCUT2D eigenvalue weighted by atomic mass is 16.2. The van der Waals surface area contributed by atoms with Crippen molar-refractivity contribution >= 4 is 17.6 Å². The first kappa shape index (κ1) is 16.5. The standard InChI is InChI=1S/C18H21N3O2/c1-12-9-13(2)11-15(10-12)20-16(14-7-5-4-6-8-14)17(22)21-18(23)19-3/h4-11,16,20H,1-3H3,(H2,19,21,22,23)/t16-/m1/s1. The van der Waals surface area contributed by atoms with E-state index < -0.39 is 18.0 Å². The minimum atomic E-state index is -0.658. The van der Waals surface area contributed by atoms with Crippen molar-refractivity contribution in [2.45, 2.75) is 19.9 Å². The van der Waals surface area contributed by atoms with Gasteiger partial charge in [0.2, 0.25) is 0 Å². The summed E-state index contributed by atoms with van der Waals surface area (Å²) in [6, 6.07) is 14.1. The minimum absolute atomic E-state index is 0.408. The highest BCUT2D eigenvalue weighted by Gasteiger charge is 2.22. The second-order valence-electron chi connectivity index (χ2n) is 5.43. The van der Waals surface area contributed by atoms with Crippen molar-refractivity contribution in [3.63, 3.8) is 0 Å². The summed E-state index contributed by atoms with van der Waals surface area (Å²) in [4.78, 5) is 23.9. The maximum absolute atomic E-state index is 12.5. The number of urea groups is 1. The molecule has 2 rings (SSSR count). The van der Waals surface area contributed by atoms with Gasteiger partial charge in [-0.3, -0.25) is 10.1 Å². The lowest BCUT2D eigenvalue weighted by Gasteiger charge is -2.20. The predicted molar refractivity (Wildman–Crippen MR) is 91.3 cm³/mol. The third-order valence-electron chi connectivity index (χ3n) is 3.39. The molecule has 0 fully saturated rings. The molecule has 0 bridgehead atoms. The molecular weight excluding hydrogens is 290 g/mol. The van der Waals surface area contributed by atoms with Crippen LogP contribution in [0.25, 0.3) is 0 Å². The molecule has 0 radical (unpaired) electrons. The van der Waals surface area contributed by atoms with Crippen LogP contribution >= 0.6 is 0 Å². The first-order valence-corrected chi connectivity index (χ1v) is 7.42. The molecule has 5 nitrogen and oxygen atoms in total. The maximum Gasteiger partial charge on any atom is 0.321 e. The Morgan fingerprint density at radius 2 is 1.57 bits per heavy atom. The van der Waals surface area contributed by atoms with Crippen molar-refractivity contribution in [3.8, 4) is 0 Å². The van der Waals surface area contributed by atoms with Crippen molar-refractivity contribution in [2.75, 3.05) is 12.4 Å². The van der Waals surface area contributed by atoms with Gasteiger partial charge in [0.1, 0.15) is 6.04 Å². The van der Waals surface area contributed by atoms with E-state index >= 15 is 0 Å². The van der Waals surface area contributed by atoms with Crippen molar-refractivity contribution in [1.29, 1.82) is 0 Å². The average molecular weight is 311 g/mol. The van der Waals surface area contributed by atoms with Crippen LogP contribution in [0.3, 0.4) is 0 Å². The first-order valence-electron chi connectivity index (χ1n) is 7.42. The van der Waals surface area contributed by atoms with E-state index in [4.69, 9.17) is 0 Å². The van der Waals surface area contributed by atoms with Gasteiger partial charge in [-0.25, -0.2) is 4.79 Å². The Hall–Kier alpha value is -2.82. The fourth-order valence-corrected chi connectivity index (χ4v) is 2.42. The van der Waals surface area contributed by atoms with E-state index in [1.54, 1.807) is 0 Å². The quantitative estimate of drug-likeness (QED) is 0.813. The van der Waals surface area contributed by atoms with Gasteiger partial charge in [0.05, 0.1) is 0 Å². The molecule has 0 heterocycles. The molecule has 0 aliphatic carbocycles. The third kappa shape index (κ3) is 4.57. The molecule has 2 aromatic rings. The Kier molecular flexibility index (Phi) is 5.36. The van der Waals surface area contributed by atoms with Crippen molar-refractivity contribution in [1.82, 2.24) is 10.6 Å². The van der Waals surface area contributed by atoms with Gasteiger partial charge in [0.25, 0.3) is 5.91 Å². The zero-order valence-corrected chi connectivity index (χ0v) is 13.5. The van der Waals surface area contributed by atoms with Crippen molar-refractivity contribution in [2.24, 2.45) is 0 Å². The predicted octanol–water partition coefficient (Wildman–Crippen LogP) is 2.91. The number of nitrogens with one attached hydrogen (secondary N) is 3. The van der Waals surface area contributed by atoms with Crippen molar-refractivity contribution in [3.05, 3.63) is 65.2 Å². The summed E-state index contributed by atoms with van der Waals surface area (Å²) in [7, 11) is 1.47. The minimum Gasteiger partial charge on any atom is -0.370 e. The lowest BCUT2D eigenvalue weighted by atomic mass is 10.0. The lowest BCUT2D eigenvalue weighted by Crippen LogP contribution is -2.42. The number of imide groups is 1. The summed E-state index contributed by atoms with van der Waals surface area (Å²) in [6.07, 6.45) is 0. The van der Waals surface area contributed by atoms with E-state index in [9.17, 15) is 9.59 Å². The van der Waals surface area contributed by atoms with E-state index in [1.165, 1.54) is 7.05 Å². The number of rotatable bonds is 4. The Morgan fingerprint density at radius 3 is 2.13 bits per heavy atom. The average Bonchev–Trinajstić information content (AvgIpc) is 2.52. The molecule has 3 amide bonds. The molecule has 0 aromatic heterocycles. The monoisotopic (exact) mass is 311 g/mol. The summed E-state index contributed by atoms with van der Waals surface area (Å²) in [5.74, 6) is -0.408. The maximum atomic E-state index is 12.5. The van der Waals surface area contributed by atoms with E-state index in [2.05, 4.69) is 22.0 Å². The Bertz CT molecular complexity index is 678. The molecule has 0 spiro atoms. The highest BCUT2D eigenvalue weighted by molar-refractivity contribution is 5.98. The van der Waals surface area contributed by atoms with Crippen LogP contribution in [0.2, 0.25) is 0 Å². The number of carbonyl (C=O) groups is 2. The van der Waals surface area contributed by atoms with Gasteiger partial charge >= 0.3 is 6.03 Å². The summed E-state index contributed by atoms with van der Waals surface area (Å²) in [5.41, 5.74) is 3.83. The first-order chi connectivity index (χ1) is 11.0. The van der Waals surface area contributed by atoms with Crippen LogP contribution in [0.1, 0.15) is 22.7 Å². The normalized spacial score (nSPS) is 11.4. The summed E-state index contributed by atoms with van der Waals surface area (Å²) in [6.45, 7) is 4.00. The van der Waals surface area contributed by atoms with Gasteiger partial charge in [0.15, 0.2) is 0 Å². The lowest BCUT2D eigenvalue weighted by molar-refractivity contribution is -0.120. The molecule has 3 N–H and O–H groups in total. The molecule has 5 heteroatoms. The van der Waals surface area contributed by atoms with Crippen LogP contribution < -0.4 is 16.0 Å². The van der Waals surface area contributed by atoms with Gasteiger partial charge in [-0.05, 0) is 42.7 Å². The molecule has 0 saturated heterocycles. The molecule has 0 aliphatic heterocycles. The molecule has 2 aromatic carbocycles. The van der Waals surface area contributed by atoms with Gasteiger partial charge in [-0.2, -0.15) is 0 Å². The van der Waals surface area contributed by atoms with Crippen LogP contribution in [-0.2, 0) is 4.79 Å². The molecule has 1 atom stereocenters. The molecule has 0 aliphatic rings. The molecule has 0 saturated carbocycles. The smallest absolute Gasteiger partial charge is 0.321 e. The fourth-order valence-electron chi connectivity index (χ4n) is 2.42. The van der Waals surface area contributed by atoms with Gasteiger partial charge < -0.3 is 10.6 Å². The van der Waals surface area contributed by atoms with Gasteiger partial charge in [0, 0.05) is 12.7 Å². The number of hydrogen-bond donors (Lipinski definition) is 3. The van der Waals surface area contributed by atoms with Gasteiger partial charge in [-0.1, -0.05) is 36.4 Å². The number of hydrogen-bond acceptors (Lipinski definition) is 3. The summed E-state index contributed by atoms with van der Waals surface area (Å²) in [5, 5.41) is 7.93. The van der Waals surface area contributed by atoms with E-state index in [-0.39, 0.29) is 0 Å². The zero-order valence-electron chi connectivity index (χ0n) is 13.5. The fraction of sp³-hybridized carbons (Fsp3) is 0.222. The summed E-state index contributed by atoms with van der Waals surface area (Å²) >= 11 is 0. The van der Waals surface area contributed by atoms with E-state index in [1.807, 2.05) is 56.3 Å². The number of carbonyl (C=O) groups excluding carboxylic acids is 2. The van der Waals surface area contributed by atoms with Crippen LogP contribution in [0.4, 0.5) is 10.5 Å². The third-order valence-corrected chi connectivity index (χ3v) is 3.39. The Morgan fingerprint density at radius 1 is 0.957 bits per heavy atom. The van der Waals surface area contributed by atoms with Crippen LogP contribution in [0.5, 0.6) is 0 Å². The van der Waals surface area contributed by atoms with Crippen LogP contribution in [-0.4, -0.2) is 19.0 Å². The second kappa shape index (κ2) is 7.45. The Balaban J connectivity index is 2.30. The highest BCUT2D eigenvalue weighted by Crippen LogP contribution is 2.22.